The van der Waals surface area contributed by atoms with Gasteiger partial charge in [0.2, 0.25) is 5.91 Å². The number of amides is 1. The second kappa shape index (κ2) is 7.56. The third-order valence-corrected chi connectivity index (χ3v) is 5.56. The Balaban J connectivity index is 1.78. The molecule has 0 spiro atoms. The molecule has 25 heavy (non-hydrogen) atoms. The first-order valence-electron chi connectivity index (χ1n) is 9.19. The summed E-state index contributed by atoms with van der Waals surface area (Å²) in [6, 6.07) is 7.96. The smallest absolute Gasteiger partial charge is 0.328 e. The zero-order valence-electron chi connectivity index (χ0n) is 15.4. The molecular weight excluding hydrogens is 316 g/mol. The first kappa shape index (κ1) is 17.9. The van der Waals surface area contributed by atoms with Crippen LogP contribution in [0.2, 0.25) is 0 Å². The Bertz CT molecular complexity index is 644. The van der Waals surface area contributed by atoms with Crippen LogP contribution in [0.15, 0.2) is 24.3 Å². The molecule has 0 N–H and O–H groups in total. The molecule has 136 valence electrons. The maximum absolute atomic E-state index is 13.0. The van der Waals surface area contributed by atoms with E-state index in [1.165, 1.54) is 7.11 Å². The number of hydrogen-bond donors (Lipinski definition) is 0. The first-order chi connectivity index (χ1) is 12.0. The van der Waals surface area contributed by atoms with E-state index >= 15 is 0 Å². The van der Waals surface area contributed by atoms with Gasteiger partial charge in [0.15, 0.2) is 0 Å². The third-order valence-electron chi connectivity index (χ3n) is 5.56. The van der Waals surface area contributed by atoms with Crippen molar-refractivity contribution in [3.05, 3.63) is 35.4 Å². The molecule has 1 fully saturated rings. The number of hydrogen-bond acceptors (Lipinski definition) is 4. The molecule has 5 nitrogen and oxygen atoms in total. The van der Waals surface area contributed by atoms with Gasteiger partial charge in [-0.05, 0) is 36.4 Å². The summed E-state index contributed by atoms with van der Waals surface area (Å²) in [5.74, 6) is 0.232. The van der Waals surface area contributed by atoms with E-state index in [-0.39, 0.29) is 11.9 Å². The Morgan fingerprint density at radius 1 is 1.24 bits per heavy atom. The van der Waals surface area contributed by atoms with Gasteiger partial charge >= 0.3 is 5.97 Å². The molecule has 1 aromatic carbocycles. The minimum Gasteiger partial charge on any atom is -0.467 e. The lowest BCUT2D eigenvalue weighted by Gasteiger charge is -2.37. The van der Waals surface area contributed by atoms with Gasteiger partial charge in [-0.2, -0.15) is 0 Å². The van der Waals surface area contributed by atoms with Gasteiger partial charge in [0.05, 0.1) is 13.7 Å². The monoisotopic (exact) mass is 344 g/mol. The van der Waals surface area contributed by atoms with Gasteiger partial charge < -0.3 is 9.64 Å². The molecule has 2 unspecified atom stereocenters. The third kappa shape index (κ3) is 3.71. The van der Waals surface area contributed by atoms with E-state index in [1.54, 1.807) is 4.90 Å². The van der Waals surface area contributed by atoms with Crippen molar-refractivity contribution >= 4 is 11.9 Å². The minimum absolute atomic E-state index is 0.0254. The minimum atomic E-state index is -0.521. The van der Waals surface area contributed by atoms with E-state index < -0.39 is 6.04 Å². The molecule has 2 heterocycles. The number of carbonyl (C=O) groups is 2. The molecule has 0 bridgehead atoms. The Morgan fingerprint density at radius 2 is 1.96 bits per heavy atom. The number of likely N-dealkylation sites (tertiary alicyclic amines) is 1. The number of methoxy groups -OCH3 is 1. The summed E-state index contributed by atoms with van der Waals surface area (Å²) in [5, 5.41) is 0. The number of ether oxygens (including phenoxy) is 1. The van der Waals surface area contributed by atoms with Gasteiger partial charge in [-0.3, -0.25) is 9.69 Å². The summed E-state index contributed by atoms with van der Waals surface area (Å²) < 4.78 is 4.97. The molecule has 0 aliphatic carbocycles. The molecule has 1 amide bonds. The number of nitrogens with zero attached hydrogens (tertiary/aromatic N) is 2. The quantitative estimate of drug-likeness (QED) is 0.786. The van der Waals surface area contributed by atoms with Crippen molar-refractivity contribution < 1.29 is 14.3 Å². The Hall–Kier alpha value is -1.88. The summed E-state index contributed by atoms with van der Waals surface area (Å²) in [4.78, 5) is 29.3. The van der Waals surface area contributed by atoms with Crippen LogP contribution in [0, 0.1) is 5.92 Å². The van der Waals surface area contributed by atoms with Gasteiger partial charge in [-0.15, -0.1) is 0 Å². The average molecular weight is 344 g/mol. The second-order valence-electron chi connectivity index (χ2n) is 7.46. The lowest BCUT2D eigenvalue weighted by molar-refractivity contribution is -0.154. The lowest BCUT2D eigenvalue weighted by atomic mass is 9.93. The summed E-state index contributed by atoms with van der Waals surface area (Å²) >= 11 is 0. The molecule has 2 aliphatic rings. The van der Waals surface area contributed by atoms with Gasteiger partial charge in [0.1, 0.15) is 6.04 Å². The highest BCUT2D eigenvalue weighted by atomic mass is 16.5. The van der Waals surface area contributed by atoms with Crippen LogP contribution < -0.4 is 0 Å². The molecule has 0 saturated carbocycles. The highest BCUT2D eigenvalue weighted by Gasteiger charge is 2.37. The fraction of sp³-hybridized carbons (Fsp3) is 0.600. The van der Waals surface area contributed by atoms with Crippen molar-refractivity contribution in [2.45, 2.75) is 51.7 Å². The molecule has 2 atom stereocenters. The zero-order chi connectivity index (χ0) is 18.0. The summed E-state index contributed by atoms with van der Waals surface area (Å²) in [6.45, 7) is 6.25. The van der Waals surface area contributed by atoms with Gasteiger partial charge in [-0.1, -0.05) is 38.1 Å². The largest absolute Gasteiger partial charge is 0.467 e. The van der Waals surface area contributed by atoms with E-state index in [9.17, 15) is 9.59 Å². The standard InChI is InChI=1S/C20H28N2O3/c1-14(2)17-9-6-10-21(17)13-19(23)22-12-16-8-5-4-7-15(16)11-18(22)20(24)25-3/h4-5,7-8,14,17-18H,6,9-13H2,1-3H3. The predicted molar refractivity (Wildman–Crippen MR) is 95.9 cm³/mol. The topological polar surface area (TPSA) is 49.9 Å². The van der Waals surface area contributed by atoms with Crippen molar-refractivity contribution in [3.63, 3.8) is 0 Å². The molecule has 1 saturated heterocycles. The van der Waals surface area contributed by atoms with Crippen molar-refractivity contribution in [2.75, 3.05) is 20.2 Å². The summed E-state index contributed by atoms with van der Waals surface area (Å²) in [7, 11) is 1.39. The molecule has 5 heteroatoms. The van der Waals surface area contributed by atoms with E-state index in [0.29, 0.717) is 31.5 Å². The number of benzene rings is 1. The fourth-order valence-electron chi connectivity index (χ4n) is 4.20. The molecular formula is C20H28N2O3. The van der Waals surface area contributed by atoms with Crippen LogP contribution in [0.5, 0.6) is 0 Å². The van der Waals surface area contributed by atoms with E-state index in [1.807, 2.05) is 24.3 Å². The SMILES string of the molecule is COC(=O)C1Cc2ccccc2CN1C(=O)CN1CCCC1C(C)C. The van der Waals surface area contributed by atoms with Crippen molar-refractivity contribution in [1.29, 1.82) is 0 Å². The maximum Gasteiger partial charge on any atom is 0.328 e. The van der Waals surface area contributed by atoms with Crippen LogP contribution in [0.1, 0.15) is 37.8 Å². The first-order valence-corrected chi connectivity index (χ1v) is 9.19. The number of fused-ring (bicyclic) bond motifs is 1. The highest BCUT2D eigenvalue weighted by Crippen LogP contribution is 2.27. The van der Waals surface area contributed by atoms with Gasteiger partial charge in [0, 0.05) is 19.0 Å². The Morgan fingerprint density at radius 3 is 2.64 bits per heavy atom. The number of carbonyl (C=O) groups excluding carboxylic acids is 2. The zero-order valence-corrected chi connectivity index (χ0v) is 15.4. The molecule has 2 aliphatic heterocycles. The summed E-state index contributed by atoms with van der Waals surface area (Å²) in [5.41, 5.74) is 2.25. The predicted octanol–water partition coefficient (Wildman–Crippen LogP) is 2.23. The van der Waals surface area contributed by atoms with Gasteiger partial charge in [-0.25, -0.2) is 4.79 Å². The normalized spacial score (nSPS) is 23.6. The lowest BCUT2D eigenvalue weighted by Crippen LogP contribution is -2.52. The van der Waals surface area contributed by atoms with Crippen molar-refractivity contribution in [1.82, 2.24) is 9.80 Å². The van der Waals surface area contributed by atoms with Crippen LogP contribution in [0.25, 0.3) is 0 Å². The van der Waals surface area contributed by atoms with E-state index in [2.05, 4.69) is 18.7 Å². The highest BCUT2D eigenvalue weighted by molar-refractivity contribution is 5.86. The maximum atomic E-state index is 13.0. The van der Waals surface area contributed by atoms with Crippen molar-refractivity contribution in [2.24, 2.45) is 5.92 Å². The van der Waals surface area contributed by atoms with Crippen LogP contribution in [0.4, 0.5) is 0 Å². The van der Waals surface area contributed by atoms with E-state index in [0.717, 1.165) is 30.5 Å². The molecule has 0 aromatic heterocycles. The van der Waals surface area contributed by atoms with Crippen LogP contribution in [-0.4, -0.2) is 54.0 Å². The molecule has 1 aromatic rings. The second-order valence-corrected chi connectivity index (χ2v) is 7.46. The molecule has 3 rings (SSSR count). The Kier molecular flexibility index (Phi) is 5.42. The van der Waals surface area contributed by atoms with Crippen LogP contribution >= 0.6 is 0 Å². The van der Waals surface area contributed by atoms with Crippen LogP contribution in [-0.2, 0) is 27.3 Å². The summed E-state index contributed by atoms with van der Waals surface area (Å²) in [6.07, 6.45) is 2.82. The number of rotatable bonds is 4. The fourth-order valence-corrected chi connectivity index (χ4v) is 4.20. The molecule has 0 radical (unpaired) electrons. The Labute approximate surface area is 149 Å². The van der Waals surface area contributed by atoms with E-state index in [4.69, 9.17) is 4.74 Å². The van der Waals surface area contributed by atoms with Gasteiger partial charge in [0.25, 0.3) is 0 Å². The van der Waals surface area contributed by atoms with Crippen LogP contribution in [0.3, 0.4) is 0 Å². The van der Waals surface area contributed by atoms with Crippen molar-refractivity contribution in [3.8, 4) is 0 Å². The number of esters is 1. The average Bonchev–Trinajstić information content (AvgIpc) is 3.08.